The average molecular weight is 554 g/mol. The number of halogens is 1. The summed E-state index contributed by atoms with van der Waals surface area (Å²) in [6.07, 6.45) is 0.141. The molecule has 35 heavy (non-hydrogen) atoms. The van der Waals surface area contributed by atoms with Crippen LogP contribution in [0, 0.1) is 5.41 Å². The zero-order valence-electron chi connectivity index (χ0n) is 22.0. The number of ether oxygens (including phenoxy) is 2. The minimum absolute atomic E-state index is 0.00558. The van der Waals surface area contributed by atoms with E-state index in [1.165, 1.54) is 0 Å². The number of tetrazole rings is 1. The number of anilines is 2. The molecule has 194 valence electrons. The minimum Gasteiger partial charge on any atom is -0.464 e. The second-order valence-corrected chi connectivity index (χ2v) is 12.1. The molecule has 10 nitrogen and oxygen atoms in total. The largest absolute Gasteiger partial charge is 0.464 e. The Balaban J connectivity index is 2.49. The average Bonchev–Trinajstić information content (AvgIpc) is 3.15. The number of amides is 1. The van der Waals surface area contributed by atoms with Crippen molar-refractivity contribution in [3.8, 4) is 0 Å². The fourth-order valence-corrected chi connectivity index (χ4v) is 4.31. The van der Waals surface area contributed by atoms with Crippen LogP contribution in [-0.4, -0.2) is 44.5 Å². The molecule has 1 aromatic heterocycles. The van der Waals surface area contributed by atoms with E-state index in [0.717, 1.165) is 10.9 Å². The maximum absolute atomic E-state index is 13.1. The summed E-state index contributed by atoms with van der Waals surface area (Å²) in [7, 11) is 0. The van der Waals surface area contributed by atoms with Crippen LogP contribution in [0.1, 0.15) is 80.6 Å². The predicted octanol–water partition coefficient (Wildman–Crippen LogP) is 5.67. The lowest BCUT2D eigenvalue weighted by Crippen LogP contribution is -2.37. The van der Waals surface area contributed by atoms with Crippen LogP contribution in [0.15, 0.2) is 22.7 Å². The van der Waals surface area contributed by atoms with Gasteiger partial charge in [-0.3, -0.25) is 5.32 Å². The number of hydrogen-bond donors (Lipinski definition) is 2. The van der Waals surface area contributed by atoms with E-state index in [9.17, 15) is 9.59 Å². The molecule has 0 fully saturated rings. The first kappa shape index (κ1) is 28.5. The molecule has 0 bridgehead atoms. The summed E-state index contributed by atoms with van der Waals surface area (Å²) in [6, 6.07) is 4.18. The van der Waals surface area contributed by atoms with E-state index in [1.54, 1.807) is 50.6 Å². The molecular formula is C24H37BrN6O4. The number of benzene rings is 1. The van der Waals surface area contributed by atoms with Crippen LogP contribution >= 0.6 is 15.9 Å². The Morgan fingerprint density at radius 1 is 1.09 bits per heavy atom. The molecule has 0 aliphatic carbocycles. The predicted molar refractivity (Wildman–Crippen MR) is 138 cm³/mol. The Bertz CT molecular complexity index is 1040. The highest BCUT2D eigenvalue weighted by atomic mass is 79.9. The number of aromatic nitrogens is 4. The van der Waals surface area contributed by atoms with Gasteiger partial charge in [0, 0.05) is 4.47 Å². The van der Waals surface area contributed by atoms with Crippen molar-refractivity contribution in [3.63, 3.8) is 0 Å². The Morgan fingerprint density at radius 3 is 2.31 bits per heavy atom. The third-order valence-corrected chi connectivity index (χ3v) is 5.22. The van der Waals surface area contributed by atoms with Crippen molar-refractivity contribution >= 4 is 39.4 Å². The maximum Gasteiger partial charge on any atom is 0.412 e. The van der Waals surface area contributed by atoms with E-state index in [4.69, 9.17) is 9.47 Å². The van der Waals surface area contributed by atoms with E-state index >= 15 is 0 Å². The molecule has 1 heterocycles. The van der Waals surface area contributed by atoms with Crippen molar-refractivity contribution in [2.45, 2.75) is 85.9 Å². The molecular weight excluding hydrogens is 516 g/mol. The lowest BCUT2D eigenvalue weighted by Gasteiger charge is -2.33. The molecule has 0 saturated carbocycles. The van der Waals surface area contributed by atoms with Crippen LogP contribution < -0.4 is 10.6 Å². The molecule has 1 amide bonds. The second-order valence-electron chi connectivity index (χ2n) is 11.1. The van der Waals surface area contributed by atoms with E-state index in [0.29, 0.717) is 17.2 Å². The fraction of sp³-hybridized carbons (Fsp3) is 0.625. The Kier molecular flexibility index (Phi) is 8.91. The second kappa shape index (κ2) is 10.9. The van der Waals surface area contributed by atoms with Crippen LogP contribution in [0.5, 0.6) is 0 Å². The van der Waals surface area contributed by atoms with Crippen molar-refractivity contribution in [1.29, 1.82) is 0 Å². The first-order chi connectivity index (χ1) is 16.0. The maximum atomic E-state index is 13.1. The van der Waals surface area contributed by atoms with Gasteiger partial charge in [-0.2, -0.15) is 0 Å². The SMILES string of the molecule is CCOC(=O)C(Nc1cc(Br)ccc1NC(=O)OC(C)(C)C)c1nnnn1C(C)(C)CC(C)(C)C. The lowest BCUT2D eigenvalue weighted by molar-refractivity contribution is -0.144. The highest BCUT2D eigenvalue weighted by Gasteiger charge is 2.36. The number of rotatable bonds is 8. The summed E-state index contributed by atoms with van der Waals surface area (Å²) in [4.78, 5) is 25.5. The van der Waals surface area contributed by atoms with Crippen LogP contribution in [0.3, 0.4) is 0 Å². The normalized spacial score (nSPS) is 13.2. The van der Waals surface area contributed by atoms with E-state index in [-0.39, 0.29) is 12.0 Å². The van der Waals surface area contributed by atoms with Crippen molar-refractivity contribution in [2.24, 2.45) is 5.41 Å². The van der Waals surface area contributed by atoms with Gasteiger partial charge in [-0.25, -0.2) is 14.3 Å². The molecule has 1 aromatic carbocycles. The monoisotopic (exact) mass is 552 g/mol. The van der Waals surface area contributed by atoms with E-state index < -0.39 is 29.2 Å². The van der Waals surface area contributed by atoms with Crippen molar-refractivity contribution < 1.29 is 19.1 Å². The van der Waals surface area contributed by atoms with Gasteiger partial charge in [-0.05, 0) is 82.0 Å². The summed E-state index contributed by atoms with van der Waals surface area (Å²) in [5.74, 6) is -0.237. The molecule has 1 unspecified atom stereocenters. The van der Waals surface area contributed by atoms with E-state index in [2.05, 4.69) is 62.9 Å². The summed E-state index contributed by atoms with van der Waals surface area (Å²) < 4.78 is 13.1. The van der Waals surface area contributed by atoms with E-state index in [1.807, 2.05) is 13.8 Å². The van der Waals surface area contributed by atoms with Gasteiger partial charge >= 0.3 is 12.1 Å². The molecule has 0 saturated heterocycles. The first-order valence-electron chi connectivity index (χ1n) is 11.5. The van der Waals surface area contributed by atoms with Gasteiger partial charge in [-0.15, -0.1) is 5.10 Å². The summed E-state index contributed by atoms with van der Waals surface area (Å²) in [6.45, 7) is 17.7. The molecule has 1 atom stereocenters. The third kappa shape index (κ3) is 8.48. The number of carbonyl (C=O) groups excluding carboxylic acids is 2. The molecule has 0 radical (unpaired) electrons. The van der Waals surface area contributed by atoms with Gasteiger partial charge in [0.1, 0.15) is 5.60 Å². The summed E-state index contributed by atoms with van der Waals surface area (Å²) in [5, 5.41) is 18.2. The highest BCUT2D eigenvalue weighted by Crippen LogP contribution is 2.35. The topological polar surface area (TPSA) is 120 Å². The van der Waals surface area contributed by atoms with Gasteiger partial charge in [0.25, 0.3) is 0 Å². The van der Waals surface area contributed by atoms with Crippen LogP contribution in [0.2, 0.25) is 0 Å². The highest BCUT2D eigenvalue weighted by molar-refractivity contribution is 9.10. The Hall–Kier alpha value is -2.69. The quantitative estimate of drug-likeness (QED) is 0.401. The molecule has 0 aliphatic rings. The number of nitrogens with one attached hydrogen (secondary N) is 2. The number of esters is 1. The summed E-state index contributed by atoms with van der Waals surface area (Å²) in [5.41, 5.74) is -0.273. The molecule has 11 heteroatoms. The van der Waals surface area contributed by atoms with Gasteiger partial charge in [0.15, 0.2) is 11.9 Å². The summed E-state index contributed by atoms with van der Waals surface area (Å²) >= 11 is 3.45. The number of hydrogen-bond acceptors (Lipinski definition) is 8. The third-order valence-electron chi connectivity index (χ3n) is 4.73. The van der Waals surface area contributed by atoms with Gasteiger partial charge in [0.05, 0.1) is 23.5 Å². The molecule has 2 aromatic rings. The number of carbonyl (C=O) groups is 2. The fourth-order valence-electron chi connectivity index (χ4n) is 3.95. The van der Waals surface area contributed by atoms with Crippen molar-refractivity contribution in [3.05, 3.63) is 28.5 Å². The Labute approximate surface area is 215 Å². The van der Waals surface area contributed by atoms with Crippen LogP contribution in [0.4, 0.5) is 16.2 Å². The zero-order chi connectivity index (χ0) is 26.6. The zero-order valence-corrected chi connectivity index (χ0v) is 23.6. The van der Waals surface area contributed by atoms with Gasteiger partial charge in [-0.1, -0.05) is 36.7 Å². The minimum atomic E-state index is -1.03. The number of nitrogens with zero attached hydrogens (tertiary/aromatic N) is 4. The first-order valence-corrected chi connectivity index (χ1v) is 12.3. The standard InChI is InChI=1S/C24H37BrN6O4/c1-10-34-20(32)18(19-28-29-30-31(19)24(8,9)14-22(2,3)4)26-17-13-15(25)11-12-16(17)27-21(33)35-23(5,6)7/h11-13,18,26H,10,14H2,1-9H3,(H,27,33). The molecule has 2 N–H and O–H groups in total. The van der Waals surface area contributed by atoms with Crippen molar-refractivity contribution in [1.82, 2.24) is 20.2 Å². The molecule has 2 rings (SSSR count). The van der Waals surface area contributed by atoms with Gasteiger partial charge in [0.2, 0.25) is 0 Å². The van der Waals surface area contributed by atoms with Crippen LogP contribution in [0.25, 0.3) is 0 Å². The van der Waals surface area contributed by atoms with Gasteiger partial charge < -0.3 is 14.8 Å². The molecule has 0 spiro atoms. The lowest BCUT2D eigenvalue weighted by atomic mass is 9.82. The van der Waals surface area contributed by atoms with Crippen molar-refractivity contribution in [2.75, 3.05) is 17.2 Å². The Morgan fingerprint density at radius 2 is 1.74 bits per heavy atom. The molecule has 0 aliphatic heterocycles. The smallest absolute Gasteiger partial charge is 0.412 e. The van der Waals surface area contributed by atoms with Crippen LogP contribution in [-0.2, 0) is 19.8 Å².